The van der Waals surface area contributed by atoms with Crippen molar-refractivity contribution in [3.05, 3.63) is 29.8 Å². The monoisotopic (exact) mass is 335 g/mol. The molecule has 1 aliphatic rings. The van der Waals surface area contributed by atoms with Crippen LogP contribution in [0.25, 0.3) is 0 Å². The van der Waals surface area contributed by atoms with E-state index in [-0.39, 0.29) is 5.91 Å². The molecule has 0 spiro atoms. The summed E-state index contributed by atoms with van der Waals surface area (Å²) in [5, 5.41) is 3.84. The molecule has 1 aromatic carbocycles. The van der Waals surface area contributed by atoms with E-state index in [9.17, 15) is 4.79 Å². The van der Waals surface area contributed by atoms with Crippen LogP contribution in [0.1, 0.15) is 50.5 Å². The number of thioether (sulfide) groups is 1. The summed E-state index contributed by atoms with van der Waals surface area (Å²) in [7, 11) is 0. The fourth-order valence-corrected chi connectivity index (χ4v) is 4.01. The van der Waals surface area contributed by atoms with Gasteiger partial charge in [0.25, 0.3) is 0 Å². The SMILES string of the molecule is Cc1ccc(OCCCC(=O)NCCSC2CCCCC2)cc1. The molecule has 1 saturated carbocycles. The smallest absolute Gasteiger partial charge is 0.220 e. The highest BCUT2D eigenvalue weighted by Gasteiger charge is 2.13. The third-order valence-electron chi connectivity index (χ3n) is 4.17. The lowest BCUT2D eigenvalue weighted by atomic mass is 10.0. The van der Waals surface area contributed by atoms with Crippen LogP contribution in [0.5, 0.6) is 5.75 Å². The number of nitrogens with one attached hydrogen (secondary N) is 1. The highest BCUT2D eigenvalue weighted by molar-refractivity contribution is 7.99. The summed E-state index contributed by atoms with van der Waals surface area (Å²) in [6, 6.07) is 8.01. The van der Waals surface area contributed by atoms with Gasteiger partial charge in [-0.1, -0.05) is 37.0 Å². The normalized spacial score (nSPS) is 15.3. The lowest BCUT2D eigenvalue weighted by molar-refractivity contribution is -0.121. The van der Waals surface area contributed by atoms with Crippen molar-refractivity contribution < 1.29 is 9.53 Å². The van der Waals surface area contributed by atoms with E-state index >= 15 is 0 Å². The number of ether oxygens (including phenoxy) is 1. The molecule has 0 unspecified atom stereocenters. The van der Waals surface area contributed by atoms with Gasteiger partial charge in [0.05, 0.1) is 6.61 Å². The maximum Gasteiger partial charge on any atom is 0.220 e. The van der Waals surface area contributed by atoms with Crippen LogP contribution in [0.2, 0.25) is 0 Å². The van der Waals surface area contributed by atoms with Gasteiger partial charge in [-0.3, -0.25) is 4.79 Å². The van der Waals surface area contributed by atoms with Gasteiger partial charge in [-0.15, -0.1) is 0 Å². The van der Waals surface area contributed by atoms with Gasteiger partial charge in [-0.05, 0) is 38.3 Å². The first-order chi connectivity index (χ1) is 11.2. The summed E-state index contributed by atoms with van der Waals surface area (Å²) >= 11 is 2.03. The molecular weight excluding hydrogens is 306 g/mol. The zero-order valence-corrected chi connectivity index (χ0v) is 15.0. The molecule has 0 atom stereocenters. The van der Waals surface area contributed by atoms with Crippen molar-refractivity contribution >= 4 is 17.7 Å². The van der Waals surface area contributed by atoms with Crippen LogP contribution in [-0.4, -0.2) is 30.1 Å². The minimum atomic E-state index is 0.141. The van der Waals surface area contributed by atoms with E-state index in [1.807, 2.05) is 36.0 Å². The Kier molecular flexibility index (Phi) is 8.37. The Bertz CT molecular complexity index is 455. The fourth-order valence-electron chi connectivity index (χ4n) is 2.79. The van der Waals surface area contributed by atoms with Crippen molar-refractivity contribution in [1.29, 1.82) is 0 Å². The summed E-state index contributed by atoms with van der Waals surface area (Å²) in [5.74, 6) is 2.05. The first kappa shape index (κ1) is 18.2. The molecule has 1 amide bonds. The molecule has 1 N–H and O–H groups in total. The zero-order chi connectivity index (χ0) is 16.3. The Morgan fingerprint density at radius 1 is 1.22 bits per heavy atom. The summed E-state index contributed by atoms with van der Waals surface area (Å²) in [4.78, 5) is 11.8. The number of rotatable bonds is 9. The largest absolute Gasteiger partial charge is 0.494 e. The molecule has 0 saturated heterocycles. The van der Waals surface area contributed by atoms with Crippen LogP contribution in [-0.2, 0) is 4.79 Å². The van der Waals surface area contributed by atoms with Crippen LogP contribution in [0.4, 0.5) is 0 Å². The first-order valence-electron chi connectivity index (χ1n) is 8.82. The third-order valence-corrected chi connectivity index (χ3v) is 5.55. The first-order valence-corrected chi connectivity index (χ1v) is 9.87. The predicted octanol–water partition coefficient (Wildman–Crippen LogP) is 4.34. The topological polar surface area (TPSA) is 38.3 Å². The van der Waals surface area contributed by atoms with E-state index < -0.39 is 0 Å². The van der Waals surface area contributed by atoms with Crippen molar-refractivity contribution in [3.63, 3.8) is 0 Å². The molecule has 0 aromatic heterocycles. The van der Waals surface area contributed by atoms with Gasteiger partial charge in [0, 0.05) is 24.0 Å². The Hall–Kier alpha value is -1.16. The van der Waals surface area contributed by atoms with Gasteiger partial charge in [-0.2, -0.15) is 11.8 Å². The summed E-state index contributed by atoms with van der Waals surface area (Å²) in [6.45, 7) is 3.44. The van der Waals surface area contributed by atoms with Crippen molar-refractivity contribution in [2.45, 2.75) is 57.1 Å². The molecule has 0 aliphatic heterocycles. The number of aryl methyl sites for hydroxylation is 1. The van der Waals surface area contributed by atoms with E-state index in [2.05, 4.69) is 12.2 Å². The van der Waals surface area contributed by atoms with Crippen LogP contribution < -0.4 is 10.1 Å². The van der Waals surface area contributed by atoms with Gasteiger partial charge in [0.1, 0.15) is 5.75 Å². The number of carbonyl (C=O) groups is 1. The molecule has 0 heterocycles. The zero-order valence-electron chi connectivity index (χ0n) is 14.2. The molecule has 128 valence electrons. The lowest BCUT2D eigenvalue weighted by Gasteiger charge is -2.20. The molecule has 2 rings (SSSR count). The molecule has 1 aromatic rings. The minimum absolute atomic E-state index is 0.141. The van der Waals surface area contributed by atoms with E-state index in [1.165, 1.54) is 37.7 Å². The second-order valence-electron chi connectivity index (χ2n) is 6.25. The van der Waals surface area contributed by atoms with Crippen LogP contribution in [0.3, 0.4) is 0 Å². The Morgan fingerprint density at radius 2 is 1.96 bits per heavy atom. The minimum Gasteiger partial charge on any atom is -0.494 e. The second-order valence-corrected chi connectivity index (χ2v) is 7.65. The second kappa shape index (κ2) is 10.6. The molecule has 1 fully saturated rings. The van der Waals surface area contributed by atoms with Crippen LogP contribution in [0, 0.1) is 6.92 Å². The maximum absolute atomic E-state index is 11.8. The van der Waals surface area contributed by atoms with Crippen molar-refractivity contribution in [2.75, 3.05) is 18.9 Å². The average Bonchev–Trinajstić information content (AvgIpc) is 2.58. The number of hydrogen-bond donors (Lipinski definition) is 1. The van der Waals surface area contributed by atoms with Crippen molar-refractivity contribution in [2.24, 2.45) is 0 Å². The predicted molar refractivity (Wildman–Crippen MR) is 98.2 cm³/mol. The van der Waals surface area contributed by atoms with E-state index in [4.69, 9.17) is 4.74 Å². The Balaban J connectivity index is 1.46. The third kappa shape index (κ3) is 7.78. The number of carbonyl (C=O) groups excluding carboxylic acids is 1. The molecule has 1 aliphatic carbocycles. The van der Waals surface area contributed by atoms with Gasteiger partial charge in [-0.25, -0.2) is 0 Å². The Morgan fingerprint density at radius 3 is 2.70 bits per heavy atom. The standard InChI is InChI=1S/C19H29NO2S/c1-16-9-11-17(12-10-16)22-14-5-8-19(21)20-13-15-23-18-6-3-2-4-7-18/h9-12,18H,2-8,13-15H2,1H3,(H,20,21). The maximum atomic E-state index is 11.8. The molecule has 0 bridgehead atoms. The summed E-state index contributed by atoms with van der Waals surface area (Å²) < 4.78 is 5.63. The summed E-state index contributed by atoms with van der Waals surface area (Å²) in [6.07, 6.45) is 8.17. The van der Waals surface area contributed by atoms with Gasteiger partial charge >= 0.3 is 0 Å². The van der Waals surface area contributed by atoms with Crippen molar-refractivity contribution in [3.8, 4) is 5.75 Å². The lowest BCUT2D eigenvalue weighted by Crippen LogP contribution is -2.26. The summed E-state index contributed by atoms with van der Waals surface area (Å²) in [5.41, 5.74) is 1.22. The van der Waals surface area contributed by atoms with Gasteiger partial charge in [0.2, 0.25) is 5.91 Å². The average molecular weight is 336 g/mol. The molecule has 4 heteroatoms. The highest BCUT2D eigenvalue weighted by atomic mass is 32.2. The number of amides is 1. The van der Waals surface area contributed by atoms with E-state index in [0.29, 0.717) is 13.0 Å². The number of hydrogen-bond acceptors (Lipinski definition) is 3. The van der Waals surface area contributed by atoms with E-state index in [1.54, 1.807) is 0 Å². The fraction of sp³-hybridized carbons (Fsp3) is 0.632. The molecule has 3 nitrogen and oxygen atoms in total. The Labute approximate surface area is 144 Å². The highest BCUT2D eigenvalue weighted by Crippen LogP contribution is 2.27. The van der Waals surface area contributed by atoms with Gasteiger partial charge < -0.3 is 10.1 Å². The molecule has 23 heavy (non-hydrogen) atoms. The number of benzene rings is 1. The van der Waals surface area contributed by atoms with Crippen molar-refractivity contribution in [1.82, 2.24) is 5.32 Å². The van der Waals surface area contributed by atoms with Gasteiger partial charge in [0.15, 0.2) is 0 Å². The molecule has 0 radical (unpaired) electrons. The molecular formula is C19H29NO2S. The van der Waals surface area contributed by atoms with E-state index in [0.717, 1.165) is 29.7 Å². The van der Waals surface area contributed by atoms with Crippen LogP contribution in [0.15, 0.2) is 24.3 Å². The quantitative estimate of drug-likeness (QED) is 0.682. The van der Waals surface area contributed by atoms with Crippen LogP contribution >= 0.6 is 11.8 Å².